The zero-order valence-electron chi connectivity index (χ0n) is 13.3. The Morgan fingerprint density at radius 2 is 1.88 bits per heavy atom. The van der Waals surface area contributed by atoms with Gasteiger partial charge in [0, 0.05) is 36.4 Å². The van der Waals surface area contributed by atoms with E-state index in [-0.39, 0.29) is 11.6 Å². The van der Waals surface area contributed by atoms with E-state index in [4.69, 9.17) is 5.73 Å². The fraction of sp³-hybridized carbons (Fsp3) is 0.500. The van der Waals surface area contributed by atoms with Gasteiger partial charge in [0.15, 0.2) is 0 Å². The zero-order valence-corrected chi connectivity index (χ0v) is 13.3. The summed E-state index contributed by atoms with van der Waals surface area (Å²) in [6.45, 7) is 1.55. The van der Waals surface area contributed by atoms with Gasteiger partial charge in [-0.1, -0.05) is 0 Å². The van der Waals surface area contributed by atoms with Crippen molar-refractivity contribution in [2.75, 3.05) is 18.0 Å². The second-order valence-electron chi connectivity index (χ2n) is 7.03. The number of hydrogen-bond donors (Lipinski definition) is 1. The summed E-state index contributed by atoms with van der Waals surface area (Å²) >= 11 is 0. The van der Waals surface area contributed by atoms with Crippen molar-refractivity contribution < 1.29 is 13.2 Å². The normalized spacial score (nSPS) is 25.2. The van der Waals surface area contributed by atoms with Gasteiger partial charge in [-0.3, -0.25) is 4.98 Å². The molecule has 6 heteroatoms. The summed E-state index contributed by atoms with van der Waals surface area (Å²) in [5, 5.41) is 0.552. The first-order chi connectivity index (χ1) is 11.4. The third-order valence-electron chi connectivity index (χ3n) is 5.20. The summed E-state index contributed by atoms with van der Waals surface area (Å²) in [7, 11) is 0. The summed E-state index contributed by atoms with van der Waals surface area (Å²) in [5.74, 6) is 1.28. The van der Waals surface area contributed by atoms with Gasteiger partial charge in [0.25, 0.3) is 0 Å². The first kappa shape index (κ1) is 15.7. The molecule has 0 amide bonds. The molecule has 2 aromatic rings. The minimum atomic E-state index is -4.40. The highest BCUT2D eigenvalue weighted by Crippen LogP contribution is 2.43. The van der Waals surface area contributed by atoms with E-state index in [1.165, 1.54) is 19.0 Å². The van der Waals surface area contributed by atoms with Crippen LogP contribution in [0.5, 0.6) is 0 Å². The standard InChI is InChI=1S/C18H20F3N3/c19-18(20,21)15-5-6-16(14-2-1-7-23-17(14)15)24-9-12(11-3-4-11)8-13(22)10-24/h1-2,5-7,11-13H,3-4,8-10,22H2. The predicted molar refractivity (Wildman–Crippen MR) is 87.8 cm³/mol. The predicted octanol–water partition coefficient (Wildman–Crippen LogP) is 3.82. The van der Waals surface area contributed by atoms with Crippen LogP contribution in [-0.2, 0) is 6.18 Å². The molecule has 2 atom stereocenters. The lowest BCUT2D eigenvalue weighted by molar-refractivity contribution is -0.136. The SMILES string of the molecule is NC1CC(C2CC2)CN(c2ccc(C(F)(F)F)c3ncccc23)C1. The molecule has 3 nitrogen and oxygen atoms in total. The van der Waals surface area contributed by atoms with Gasteiger partial charge in [0.1, 0.15) is 0 Å². The Morgan fingerprint density at radius 1 is 1.08 bits per heavy atom. The maximum atomic E-state index is 13.3. The second kappa shape index (κ2) is 5.62. The van der Waals surface area contributed by atoms with Crippen molar-refractivity contribution in [1.29, 1.82) is 0 Å². The molecule has 1 saturated carbocycles. The fourth-order valence-corrected chi connectivity index (χ4v) is 3.95. The first-order valence-electron chi connectivity index (χ1n) is 8.39. The molecule has 0 spiro atoms. The van der Waals surface area contributed by atoms with Gasteiger partial charge in [-0.25, -0.2) is 0 Å². The van der Waals surface area contributed by atoms with Gasteiger partial charge in [-0.2, -0.15) is 13.2 Å². The van der Waals surface area contributed by atoms with E-state index < -0.39 is 11.7 Å². The highest BCUT2D eigenvalue weighted by Gasteiger charge is 2.38. The number of benzene rings is 1. The minimum absolute atomic E-state index is 0.0182. The molecule has 2 unspecified atom stereocenters. The van der Waals surface area contributed by atoms with Crippen LogP contribution >= 0.6 is 0 Å². The molecule has 2 heterocycles. The van der Waals surface area contributed by atoms with Crippen molar-refractivity contribution in [3.05, 3.63) is 36.0 Å². The molecule has 1 aromatic heterocycles. The molecule has 2 fully saturated rings. The molecule has 1 saturated heterocycles. The molecule has 128 valence electrons. The third-order valence-corrected chi connectivity index (χ3v) is 5.20. The Labute approximate surface area is 138 Å². The van der Waals surface area contributed by atoms with Crippen molar-refractivity contribution in [2.45, 2.75) is 31.5 Å². The van der Waals surface area contributed by atoms with Crippen LogP contribution < -0.4 is 10.6 Å². The van der Waals surface area contributed by atoms with E-state index in [1.54, 1.807) is 18.2 Å². The molecule has 2 N–H and O–H groups in total. The minimum Gasteiger partial charge on any atom is -0.369 e. The summed E-state index contributed by atoms with van der Waals surface area (Å²) in [6, 6.07) is 6.21. The molecule has 2 aliphatic rings. The first-order valence-corrected chi connectivity index (χ1v) is 8.39. The molecule has 0 radical (unpaired) electrons. The second-order valence-corrected chi connectivity index (χ2v) is 7.03. The Bertz CT molecular complexity index is 755. The van der Waals surface area contributed by atoms with Gasteiger partial charge >= 0.3 is 6.18 Å². The number of pyridine rings is 1. The maximum Gasteiger partial charge on any atom is 0.418 e. The fourth-order valence-electron chi connectivity index (χ4n) is 3.95. The molecule has 4 rings (SSSR count). The summed E-state index contributed by atoms with van der Waals surface area (Å²) < 4.78 is 39.8. The van der Waals surface area contributed by atoms with Crippen LogP contribution in [0.3, 0.4) is 0 Å². The average Bonchev–Trinajstić information content (AvgIpc) is 3.37. The number of rotatable bonds is 2. The molecule has 1 aromatic carbocycles. The van der Waals surface area contributed by atoms with Crippen molar-refractivity contribution in [1.82, 2.24) is 4.98 Å². The van der Waals surface area contributed by atoms with Crippen LogP contribution in [0.15, 0.2) is 30.5 Å². The van der Waals surface area contributed by atoms with Gasteiger partial charge < -0.3 is 10.6 Å². The number of hydrogen-bond acceptors (Lipinski definition) is 3. The Kier molecular flexibility index (Phi) is 3.67. The van der Waals surface area contributed by atoms with Crippen molar-refractivity contribution in [2.24, 2.45) is 17.6 Å². The van der Waals surface area contributed by atoms with Crippen molar-refractivity contribution in [3.8, 4) is 0 Å². The van der Waals surface area contributed by atoms with Gasteiger partial charge in [-0.15, -0.1) is 0 Å². The molecular formula is C18H20F3N3. The van der Waals surface area contributed by atoms with Crippen LogP contribution in [-0.4, -0.2) is 24.1 Å². The van der Waals surface area contributed by atoms with Crippen LogP contribution in [0, 0.1) is 11.8 Å². The Balaban J connectivity index is 1.76. The van der Waals surface area contributed by atoms with Gasteiger partial charge in [0.2, 0.25) is 0 Å². The van der Waals surface area contributed by atoms with Gasteiger partial charge in [-0.05, 0) is 55.4 Å². The average molecular weight is 335 g/mol. The van der Waals surface area contributed by atoms with Crippen LogP contribution in [0.4, 0.5) is 18.9 Å². The Morgan fingerprint density at radius 3 is 2.58 bits per heavy atom. The van der Waals surface area contributed by atoms with Crippen LogP contribution in [0.2, 0.25) is 0 Å². The van der Waals surface area contributed by atoms with E-state index in [0.717, 1.165) is 30.6 Å². The van der Waals surface area contributed by atoms with Crippen molar-refractivity contribution in [3.63, 3.8) is 0 Å². The zero-order chi connectivity index (χ0) is 16.9. The number of aromatic nitrogens is 1. The number of alkyl halides is 3. The van der Waals surface area contributed by atoms with E-state index >= 15 is 0 Å². The molecule has 1 aliphatic carbocycles. The number of anilines is 1. The lowest BCUT2D eigenvalue weighted by atomic mass is 9.90. The summed E-state index contributed by atoms with van der Waals surface area (Å²) in [5.41, 5.74) is 6.38. The van der Waals surface area contributed by atoms with Crippen molar-refractivity contribution >= 4 is 16.6 Å². The Hall–Kier alpha value is -1.82. The number of nitrogens with two attached hydrogens (primary N) is 1. The monoisotopic (exact) mass is 335 g/mol. The smallest absolute Gasteiger partial charge is 0.369 e. The lowest BCUT2D eigenvalue weighted by Crippen LogP contribution is -2.47. The number of piperidine rings is 1. The van der Waals surface area contributed by atoms with Crippen LogP contribution in [0.1, 0.15) is 24.8 Å². The molecule has 1 aliphatic heterocycles. The van der Waals surface area contributed by atoms with E-state index in [9.17, 15) is 13.2 Å². The van der Waals surface area contributed by atoms with E-state index in [1.807, 2.05) is 0 Å². The van der Waals surface area contributed by atoms with Gasteiger partial charge in [0.05, 0.1) is 11.1 Å². The molecule has 0 bridgehead atoms. The largest absolute Gasteiger partial charge is 0.418 e. The number of nitrogens with zero attached hydrogens (tertiary/aromatic N) is 2. The maximum absolute atomic E-state index is 13.3. The highest BCUT2D eigenvalue weighted by atomic mass is 19.4. The van der Waals surface area contributed by atoms with E-state index in [0.29, 0.717) is 17.8 Å². The summed E-state index contributed by atoms with van der Waals surface area (Å²) in [6.07, 6.45) is 0.523. The topological polar surface area (TPSA) is 42.1 Å². The highest BCUT2D eigenvalue weighted by molar-refractivity contribution is 5.94. The number of halogens is 3. The van der Waals surface area contributed by atoms with Crippen LogP contribution in [0.25, 0.3) is 10.9 Å². The quantitative estimate of drug-likeness (QED) is 0.907. The van der Waals surface area contributed by atoms with E-state index in [2.05, 4.69) is 9.88 Å². The summed E-state index contributed by atoms with van der Waals surface area (Å²) in [4.78, 5) is 6.16. The molecule has 24 heavy (non-hydrogen) atoms. The molecular weight excluding hydrogens is 315 g/mol. The lowest BCUT2D eigenvalue weighted by Gasteiger charge is -2.38. The third kappa shape index (κ3) is 2.83. The number of fused-ring (bicyclic) bond motifs is 1.